The summed E-state index contributed by atoms with van der Waals surface area (Å²) in [6, 6.07) is 10.9. The van der Waals surface area contributed by atoms with Crippen LogP contribution >= 0.6 is 34.8 Å². The molecule has 118 valence electrons. The summed E-state index contributed by atoms with van der Waals surface area (Å²) >= 11 is 16.5. The Bertz CT molecular complexity index is 808. The number of pyridine rings is 1. The zero-order valence-corrected chi connectivity index (χ0v) is 13.9. The summed E-state index contributed by atoms with van der Waals surface area (Å²) in [5.74, 6) is -0.188. The van der Waals surface area contributed by atoms with Crippen LogP contribution in [0.3, 0.4) is 0 Å². The Morgan fingerprint density at radius 1 is 1.17 bits per heavy atom. The molecule has 5 nitrogen and oxygen atoms in total. The highest BCUT2D eigenvalue weighted by molar-refractivity contribution is 6.76. The molecule has 23 heavy (non-hydrogen) atoms. The highest BCUT2D eigenvalue weighted by atomic mass is 35.6. The van der Waals surface area contributed by atoms with Crippen molar-refractivity contribution in [2.24, 2.45) is 0 Å². The maximum absolute atomic E-state index is 11.5. The van der Waals surface area contributed by atoms with Crippen LogP contribution in [-0.2, 0) is 11.3 Å². The van der Waals surface area contributed by atoms with E-state index in [9.17, 15) is 4.79 Å². The summed E-state index contributed by atoms with van der Waals surface area (Å²) < 4.78 is 3.67. The van der Waals surface area contributed by atoms with Crippen molar-refractivity contribution in [2.75, 3.05) is 0 Å². The van der Waals surface area contributed by atoms with E-state index < -0.39 is 9.70 Å². The summed E-state index contributed by atoms with van der Waals surface area (Å²) in [6.07, 6.45) is 1.66. The summed E-state index contributed by atoms with van der Waals surface area (Å²) in [5.41, 5.74) is 2.84. The molecule has 0 saturated carbocycles. The van der Waals surface area contributed by atoms with Crippen LogP contribution in [0.5, 0.6) is 0 Å². The number of nitrogens with zero attached hydrogens (tertiary/aromatic N) is 2. The maximum atomic E-state index is 11.5. The van der Waals surface area contributed by atoms with Gasteiger partial charge in [0.2, 0.25) is 5.89 Å². The molecule has 0 saturated heterocycles. The van der Waals surface area contributed by atoms with E-state index in [1.165, 1.54) is 0 Å². The number of carbonyl (C=O) groups is 1. The predicted molar refractivity (Wildman–Crippen MR) is 89.4 cm³/mol. The van der Waals surface area contributed by atoms with Gasteiger partial charge in [-0.15, -0.1) is 0 Å². The zero-order valence-electron chi connectivity index (χ0n) is 11.6. The molecule has 0 aliphatic heterocycles. The lowest BCUT2D eigenvalue weighted by atomic mass is 10.1. The minimum Gasteiger partial charge on any atom is -0.434 e. The van der Waals surface area contributed by atoms with Crippen LogP contribution in [0.1, 0.15) is 5.56 Å². The lowest BCUT2D eigenvalue weighted by Gasteiger charge is -2.11. The zero-order chi connectivity index (χ0) is 16.4. The normalized spacial score (nSPS) is 11.6. The van der Waals surface area contributed by atoms with Crippen molar-refractivity contribution in [3.8, 4) is 11.5 Å². The smallest absolute Gasteiger partial charge is 0.272 e. The number of amides is 1. The van der Waals surface area contributed by atoms with Gasteiger partial charge in [-0.3, -0.25) is 4.79 Å². The second-order valence-electron chi connectivity index (χ2n) is 4.72. The Labute approximate surface area is 146 Å². The number of nitrogens with one attached hydrogen (secondary N) is 1. The van der Waals surface area contributed by atoms with Crippen LogP contribution in [0, 0.1) is 0 Å². The Hall–Kier alpha value is -1.82. The van der Waals surface area contributed by atoms with Gasteiger partial charge in [-0.25, -0.2) is 4.98 Å². The average Bonchev–Trinajstić information content (AvgIpc) is 2.96. The van der Waals surface area contributed by atoms with Crippen LogP contribution in [0.4, 0.5) is 0 Å². The molecule has 0 radical (unpaired) electrons. The van der Waals surface area contributed by atoms with E-state index in [1.807, 2.05) is 24.3 Å². The van der Waals surface area contributed by atoms with Crippen molar-refractivity contribution in [3.63, 3.8) is 0 Å². The van der Waals surface area contributed by atoms with Gasteiger partial charge < -0.3 is 9.73 Å². The van der Waals surface area contributed by atoms with E-state index in [0.717, 1.165) is 11.1 Å². The lowest BCUT2D eigenvalue weighted by Crippen LogP contribution is -2.33. The van der Waals surface area contributed by atoms with Crippen molar-refractivity contribution in [1.29, 1.82) is 0 Å². The monoisotopic (exact) mass is 369 g/mol. The third-order valence-electron chi connectivity index (χ3n) is 3.08. The molecule has 1 N–H and O–H groups in total. The number of fused-ring (bicyclic) bond motifs is 1. The van der Waals surface area contributed by atoms with E-state index in [1.54, 1.807) is 18.3 Å². The Morgan fingerprint density at radius 2 is 1.91 bits per heavy atom. The average molecular weight is 371 g/mol. The number of aromatic nitrogens is 2. The number of carbonyl (C=O) groups excluding carboxylic acids is 1. The van der Waals surface area contributed by atoms with Gasteiger partial charge in [0, 0.05) is 18.3 Å². The first-order chi connectivity index (χ1) is 10.9. The van der Waals surface area contributed by atoms with Gasteiger partial charge in [-0.05, 0) is 29.8 Å². The van der Waals surface area contributed by atoms with Crippen LogP contribution < -0.4 is 5.32 Å². The second-order valence-corrected chi connectivity index (χ2v) is 7.00. The van der Waals surface area contributed by atoms with Crippen LogP contribution in [0.2, 0.25) is 0 Å². The van der Waals surface area contributed by atoms with Gasteiger partial charge in [0.25, 0.3) is 9.70 Å². The predicted octanol–water partition coefficient (Wildman–Crippen LogP) is 3.88. The summed E-state index contributed by atoms with van der Waals surface area (Å²) in [6.45, 7) is 0.252. The summed E-state index contributed by atoms with van der Waals surface area (Å²) in [7, 11) is 0. The number of oxazole rings is 1. The van der Waals surface area contributed by atoms with Gasteiger partial charge in [0.1, 0.15) is 0 Å². The molecular weight excluding hydrogens is 361 g/mol. The molecule has 3 aromatic rings. The SMILES string of the molecule is O=C(NCc1ccc(-c2nc3ncccc3o2)cc1)C(Cl)(Cl)Cl. The molecule has 0 bridgehead atoms. The fourth-order valence-corrected chi connectivity index (χ4v) is 2.14. The number of hydrogen-bond donors (Lipinski definition) is 1. The lowest BCUT2D eigenvalue weighted by molar-refractivity contribution is -0.120. The third kappa shape index (κ3) is 3.75. The van der Waals surface area contributed by atoms with Crippen molar-refractivity contribution in [1.82, 2.24) is 15.3 Å². The van der Waals surface area contributed by atoms with E-state index >= 15 is 0 Å². The van der Waals surface area contributed by atoms with Gasteiger partial charge in [0.15, 0.2) is 11.2 Å². The molecular formula is C15H10Cl3N3O2. The van der Waals surface area contributed by atoms with Crippen molar-refractivity contribution in [3.05, 3.63) is 48.2 Å². The first kappa shape index (κ1) is 16.1. The highest BCUT2D eigenvalue weighted by Gasteiger charge is 2.30. The highest BCUT2D eigenvalue weighted by Crippen LogP contribution is 2.26. The fourth-order valence-electron chi connectivity index (χ4n) is 1.94. The largest absolute Gasteiger partial charge is 0.434 e. The van der Waals surface area contributed by atoms with E-state index in [0.29, 0.717) is 17.1 Å². The van der Waals surface area contributed by atoms with E-state index in [2.05, 4.69) is 15.3 Å². The topological polar surface area (TPSA) is 68.0 Å². The van der Waals surface area contributed by atoms with Gasteiger partial charge >= 0.3 is 0 Å². The Kier molecular flexibility index (Phi) is 4.43. The fraction of sp³-hybridized carbons (Fsp3) is 0.133. The van der Waals surface area contributed by atoms with Gasteiger partial charge in [-0.1, -0.05) is 46.9 Å². The number of alkyl halides is 3. The van der Waals surface area contributed by atoms with Crippen molar-refractivity contribution in [2.45, 2.75) is 10.3 Å². The summed E-state index contributed by atoms with van der Waals surface area (Å²) in [5, 5.41) is 2.54. The molecule has 2 aromatic heterocycles. The maximum Gasteiger partial charge on any atom is 0.272 e. The minimum absolute atomic E-state index is 0.252. The Balaban J connectivity index is 1.73. The van der Waals surface area contributed by atoms with Crippen molar-refractivity contribution >= 4 is 51.9 Å². The molecule has 3 rings (SSSR count). The Morgan fingerprint density at radius 3 is 2.57 bits per heavy atom. The quantitative estimate of drug-likeness (QED) is 0.711. The molecule has 0 aliphatic rings. The van der Waals surface area contributed by atoms with Crippen LogP contribution in [-0.4, -0.2) is 19.7 Å². The van der Waals surface area contributed by atoms with Gasteiger partial charge in [-0.2, -0.15) is 4.98 Å². The molecule has 0 aliphatic carbocycles. The minimum atomic E-state index is -1.97. The number of rotatable bonds is 3. The molecule has 2 heterocycles. The number of halogens is 3. The van der Waals surface area contributed by atoms with Crippen molar-refractivity contribution < 1.29 is 9.21 Å². The van der Waals surface area contributed by atoms with Gasteiger partial charge in [0.05, 0.1) is 0 Å². The molecule has 0 spiro atoms. The standard InChI is InChI=1S/C15H10Cl3N3O2/c16-15(17,18)14(22)20-8-9-3-5-10(6-4-9)13-21-12-11(23-13)2-1-7-19-12/h1-7H,8H2,(H,20,22). The number of hydrogen-bond acceptors (Lipinski definition) is 4. The third-order valence-corrected chi connectivity index (χ3v) is 3.59. The van der Waals surface area contributed by atoms with Crippen LogP contribution in [0.25, 0.3) is 22.7 Å². The van der Waals surface area contributed by atoms with E-state index in [-0.39, 0.29) is 6.54 Å². The first-order valence-electron chi connectivity index (χ1n) is 6.59. The molecule has 1 amide bonds. The molecule has 8 heteroatoms. The second kappa shape index (κ2) is 6.35. The number of benzene rings is 1. The molecule has 1 aromatic carbocycles. The molecule has 0 fully saturated rings. The first-order valence-corrected chi connectivity index (χ1v) is 7.73. The molecule has 0 atom stereocenters. The van der Waals surface area contributed by atoms with E-state index in [4.69, 9.17) is 39.2 Å². The van der Waals surface area contributed by atoms with Crippen LogP contribution in [0.15, 0.2) is 47.0 Å². The summed E-state index contributed by atoms with van der Waals surface area (Å²) in [4.78, 5) is 19.9. The molecule has 0 unspecified atom stereocenters.